The predicted octanol–water partition coefficient (Wildman–Crippen LogP) is 4.13. The molecule has 2 N–H and O–H groups in total. The Morgan fingerprint density at radius 1 is 1.20 bits per heavy atom. The van der Waals surface area contributed by atoms with Crippen LogP contribution >= 0.6 is 0 Å². The van der Waals surface area contributed by atoms with Gasteiger partial charge in [-0.2, -0.15) is 13.2 Å². The molecule has 0 spiro atoms. The first kappa shape index (κ1) is 14.9. The highest BCUT2D eigenvalue weighted by molar-refractivity contribution is 5.87. The highest BCUT2D eigenvalue weighted by Gasteiger charge is 2.34. The summed E-state index contributed by atoms with van der Waals surface area (Å²) in [6.07, 6.45) is -1.98. The van der Waals surface area contributed by atoms with Crippen LogP contribution in [0.25, 0.3) is 10.9 Å². The summed E-state index contributed by atoms with van der Waals surface area (Å²) in [7, 11) is 0. The van der Waals surface area contributed by atoms with Gasteiger partial charge in [0.05, 0.1) is 11.1 Å². The number of para-hydroxylation sites is 1. The molecule has 0 aliphatic rings. The molecular formula is C15H19F3N2. The van der Waals surface area contributed by atoms with Gasteiger partial charge in [-0.1, -0.05) is 12.1 Å². The molecule has 0 amide bonds. The van der Waals surface area contributed by atoms with Crippen molar-refractivity contribution in [2.24, 2.45) is 5.73 Å². The van der Waals surface area contributed by atoms with Crippen molar-refractivity contribution < 1.29 is 13.2 Å². The third kappa shape index (κ3) is 2.68. The van der Waals surface area contributed by atoms with Crippen molar-refractivity contribution in [2.75, 3.05) is 0 Å². The molecule has 20 heavy (non-hydrogen) atoms. The first-order chi connectivity index (χ1) is 9.21. The molecule has 0 bridgehead atoms. The molecule has 1 unspecified atom stereocenters. The molecule has 1 aromatic carbocycles. The van der Waals surface area contributed by atoms with Crippen LogP contribution in [0.3, 0.4) is 0 Å². The third-order valence-corrected chi connectivity index (χ3v) is 3.34. The molecule has 5 heteroatoms. The average molecular weight is 284 g/mol. The van der Waals surface area contributed by atoms with Gasteiger partial charge in [0.1, 0.15) is 0 Å². The van der Waals surface area contributed by atoms with E-state index in [9.17, 15) is 13.2 Å². The molecule has 0 radical (unpaired) electrons. The predicted molar refractivity (Wildman–Crippen MR) is 74.7 cm³/mol. The molecule has 110 valence electrons. The lowest BCUT2D eigenvalue weighted by atomic mass is 10.0. The molecule has 1 aromatic heterocycles. The number of hydrogen-bond donors (Lipinski definition) is 1. The fourth-order valence-corrected chi connectivity index (χ4v) is 2.53. The fourth-order valence-electron chi connectivity index (χ4n) is 2.53. The first-order valence-corrected chi connectivity index (χ1v) is 6.67. The van der Waals surface area contributed by atoms with Crippen LogP contribution in [0.2, 0.25) is 0 Å². The number of nitrogens with zero attached hydrogens (tertiary/aromatic N) is 1. The lowest BCUT2D eigenvalue weighted by molar-refractivity contribution is -0.136. The van der Waals surface area contributed by atoms with Gasteiger partial charge < -0.3 is 10.3 Å². The molecule has 0 aliphatic heterocycles. The van der Waals surface area contributed by atoms with Gasteiger partial charge in [-0.15, -0.1) is 0 Å². The standard InChI is InChI=1S/C15H19F3N2/c1-9(2)20-8-11(7-10(3)19)12-5-4-6-13(14(12)20)15(16,17)18/h4-6,8-10H,7,19H2,1-3H3. The van der Waals surface area contributed by atoms with E-state index in [4.69, 9.17) is 5.73 Å². The Morgan fingerprint density at radius 2 is 1.85 bits per heavy atom. The molecule has 0 saturated carbocycles. The molecule has 0 fully saturated rings. The van der Waals surface area contributed by atoms with E-state index < -0.39 is 11.7 Å². The van der Waals surface area contributed by atoms with E-state index in [0.717, 1.165) is 11.6 Å². The van der Waals surface area contributed by atoms with Gasteiger partial charge in [0.2, 0.25) is 0 Å². The Hall–Kier alpha value is -1.49. The topological polar surface area (TPSA) is 30.9 Å². The number of nitrogens with two attached hydrogens (primary N) is 1. The van der Waals surface area contributed by atoms with E-state index in [-0.39, 0.29) is 17.6 Å². The number of halogens is 3. The fraction of sp³-hybridized carbons (Fsp3) is 0.467. The van der Waals surface area contributed by atoms with Crippen molar-refractivity contribution in [3.8, 4) is 0 Å². The Bertz CT molecular complexity index is 609. The Balaban J connectivity index is 2.76. The Morgan fingerprint density at radius 3 is 2.35 bits per heavy atom. The molecule has 1 heterocycles. The van der Waals surface area contributed by atoms with Crippen molar-refractivity contribution in [1.82, 2.24) is 4.57 Å². The summed E-state index contributed by atoms with van der Waals surface area (Å²) >= 11 is 0. The molecule has 1 atom stereocenters. The number of alkyl halides is 3. The van der Waals surface area contributed by atoms with Gasteiger partial charge in [0.15, 0.2) is 0 Å². The highest BCUT2D eigenvalue weighted by Crippen LogP contribution is 2.37. The maximum absolute atomic E-state index is 13.2. The number of rotatable bonds is 3. The minimum atomic E-state index is -4.35. The smallest absolute Gasteiger partial charge is 0.344 e. The second kappa shape index (κ2) is 5.13. The van der Waals surface area contributed by atoms with E-state index in [1.54, 1.807) is 16.8 Å². The Kier molecular flexibility index (Phi) is 3.82. The molecule has 0 aliphatic carbocycles. The van der Waals surface area contributed by atoms with E-state index in [1.165, 1.54) is 6.07 Å². The van der Waals surface area contributed by atoms with Crippen LogP contribution in [0.15, 0.2) is 24.4 Å². The van der Waals surface area contributed by atoms with Crippen LogP contribution < -0.4 is 5.73 Å². The Labute approximate surface area is 116 Å². The summed E-state index contributed by atoms with van der Waals surface area (Å²) in [4.78, 5) is 0. The van der Waals surface area contributed by atoms with Crippen LogP contribution in [0, 0.1) is 0 Å². The van der Waals surface area contributed by atoms with E-state index in [2.05, 4.69) is 0 Å². The maximum Gasteiger partial charge on any atom is 0.418 e. The number of fused-ring (bicyclic) bond motifs is 1. The lowest BCUT2D eigenvalue weighted by Crippen LogP contribution is -2.17. The zero-order valence-corrected chi connectivity index (χ0v) is 11.8. The maximum atomic E-state index is 13.2. The molecule has 2 rings (SSSR count). The van der Waals surface area contributed by atoms with Crippen molar-refractivity contribution in [3.63, 3.8) is 0 Å². The minimum absolute atomic E-state index is 0.0390. The summed E-state index contributed by atoms with van der Waals surface area (Å²) in [6, 6.07) is 4.21. The molecular weight excluding hydrogens is 265 g/mol. The molecule has 0 saturated heterocycles. The van der Waals surface area contributed by atoms with E-state index in [1.807, 2.05) is 20.8 Å². The average Bonchev–Trinajstić information content (AvgIpc) is 2.66. The zero-order valence-electron chi connectivity index (χ0n) is 11.8. The van der Waals surface area contributed by atoms with Crippen LogP contribution in [-0.4, -0.2) is 10.6 Å². The van der Waals surface area contributed by atoms with Crippen LogP contribution in [0.4, 0.5) is 13.2 Å². The van der Waals surface area contributed by atoms with Crippen molar-refractivity contribution >= 4 is 10.9 Å². The van der Waals surface area contributed by atoms with Crippen LogP contribution in [0.1, 0.15) is 37.9 Å². The van der Waals surface area contributed by atoms with Gasteiger partial charge in [-0.05, 0) is 38.8 Å². The highest BCUT2D eigenvalue weighted by atomic mass is 19.4. The monoisotopic (exact) mass is 284 g/mol. The van der Waals surface area contributed by atoms with Gasteiger partial charge in [0, 0.05) is 23.7 Å². The first-order valence-electron chi connectivity index (χ1n) is 6.67. The summed E-state index contributed by atoms with van der Waals surface area (Å²) in [5.74, 6) is 0. The second-order valence-corrected chi connectivity index (χ2v) is 5.54. The minimum Gasteiger partial charge on any atom is -0.344 e. The van der Waals surface area contributed by atoms with Crippen LogP contribution in [-0.2, 0) is 12.6 Å². The molecule has 2 aromatic rings. The summed E-state index contributed by atoms with van der Waals surface area (Å²) in [6.45, 7) is 5.61. The van der Waals surface area contributed by atoms with Crippen molar-refractivity contribution in [2.45, 2.75) is 45.5 Å². The van der Waals surface area contributed by atoms with Gasteiger partial charge in [-0.3, -0.25) is 0 Å². The summed E-state index contributed by atoms with van der Waals surface area (Å²) in [5.41, 5.74) is 6.33. The third-order valence-electron chi connectivity index (χ3n) is 3.34. The second-order valence-electron chi connectivity index (χ2n) is 5.54. The van der Waals surface area contributed by atoms with E-state index in [0.29, 0.717) is 11.8 Å². The summed E-state index contributed by atoms with van der Waals surface area (Å²) in [5, 5.41) is 0.644. The van der Waals surface area contributed by atoms with Crippen molar-refractivity contribution in [3.05, 3.63) is 35.5 Å². The zero-order chi connectivity index (χ0) is 15.1. The quantitative estimate of drug-likeness (QED) is 0.902. The number of benzene rings is 1. The molecule has 2 nitrogen and oxygen atoms in total. The number of hydrogen-bond acceptors (Lipinski definition) is 1. The number of aromatic nitrogens is 1. The SMILES string of the molecule is CC(N)Cc1cn(C(C)C)c2c(C(F)(F)F)cccc12. The van der Waals surface area contributed by atoms with Gasteiger partial charge >= 0.3 is 6.18 Å². The van der Waals surface area contributed by atoms with Gasteiger partial charge in [0.25, 0.3) is 0 Å². The lowest BCUT2D eigenvalue weighted by Gasteiger charge is -2.14. The normalized spacial score (nSPS) is 14.2. The summed E-state index contributed by atoms with van der Waals surface area (Å²) < 4.78 is 41.3. The largest absolute Gasteiger partial charge is 0.418 e. The van der Waals surface area contributed by atoms with Gasteiger partial charge in [-0.25, -0.2) is 0 Å². The van der Waals surface area contributed by atoms with E-state index >= 15 is 0 Å². The van der Waals surface area contributed by atoms with Crippen LogP contribution in [0.5, 0.6) is 0 Å². The van der Waals surface area contributed by atoms with Crippen molar-refractivity contribution in [1.29, 1.82) is 0 Å².